The lowest BCUT2D eigenvalue weighted by Crippen LogP contribution is -2.46. The molecule has 3 N–H and O–H groups in total. The fraction of sp³-hybridized carbons (Fsp3) is 0.325. The van der Waals surface area contributed by atoms with Gasteiger partial charge < -0.3 is 20.9 Å². The molecule has 12 nitrogen and oxygen atoms in total. The summed E-state index contributed by atoms with van der Waals surface area (Å²) < 4.78 is 119. The molecular formula is C40H34F8N10O2S. The number of piperazine rings is 1. The Morgan fingerprint density at radius 1 is 0.951 bits per heavy atom. The fourth-order valence-electron chi connectivity index (χ4n) is 7.91. The van der Waals surface area contributed by atoms with Gasteiger partial charge in [0, 0.05) is 49.3 Å². The number of carbonyl (C=O) groups excluding carboxylic acids is 2. The van der Waals surface area contributed by atoms with Crippen LogP contribution in [0.4, 0.5) is 45.9 Å². The van der Waals surface area contributed by atoms with E-state index in [1.54, 1.807) is 18.5 Å². The van der Waals surface area contributed by atoms with Gasteiger partial charge in [0.15, 0.2) is 16.5 Å². The molecule has 3 atom stereocenters. The van der Waals surface area contributed by atoms with Crippen molar-refractivity contribution in [1.82, 2.24) is 35.0 Å². The second-order valence-electron chi connectivity index (χ2n) is 14.9. The maximum atomic E-state index is 15.6. The molecule has 5 heterocycles. The van der Waals surface area contributed by atoms with Crippen molar-refractivity contribution in [2.24, 2.45) is 11.7 Å². The average molecular weight is 871 g/mol. The van der Waals surface area contributed by atoms with Crippen molar-refractivity contribution >= 4 is 44.3 Å². The Balaban J connectivity index is 1.21. The molecule has 0 unspecified atom stereocenters. The monoisotopic (exact) mass is 870 g/mol. The highest BCUT2D eigenvalue weighted by Gasteiger charge is 2.57. The van der Waals surface area contributed by atoms with Gasteiger partial charge in [0.25, 0.3) is 11.8 Å². The highest BCUT2D eigenvalue weighted by Crippen LogP contribution is 2.55. The van der Waals surface area contributed by atoms with Gasteiger partial charge in [0.2, 0.25) is 5.91 Å². The first kappa shape index (κ1) is 41.5. The van der Waals surface area contributed by atoms with Gasteiger partial charge in [-0.3, -0.25) is 14.3 Å². The van der Waals surface area contributed by atoms with E-state index < -0.39 is 94.7 Å². The van der Waals surface area contributed by atoms with E-state index in [1.807, 2.05) is 4.90 Å². The third kappa shape index (κ3) is 7.93. The van der Waals surface area contributed by atoms with Crippen LogP contribution in [0.15, 0.2) is 61.2 Å². The zero-order valence-corrected chi connectivity index (χ0v) is 33.0. The van der Waals surface area contributed by atoms with E-state index in [0.29, 0.717) is 46.8 Å². The van der Waals surface area contributed by atoms with Gasteiger partial charge in [0.05, 0.1) is 40.1 Å². The number of hydrogen-bond donors (Lipinski definition) is 2. The molecule has 2 aliphatic rings. The van der Waals surface area contributed by atoms with Gasteiger partial charge >= 0.3 is 6.18 Å². The molecule has 1 fully saturated rings. The van der Waals surface area contributed by atoms with Crippen LogP contribution in [0.25, 0.3) is 21.5 Å². The van der Waals surface area contributed by atoms with Gasteiger partial charge in [-0.25, -0.2) is 28.1 Å². The standard InChI is InChI=1S/C40H34F8N10O2S/c1-19-20(2)39(44,45)35-32(19)34(40(46,47)48)55-58(35)17-31(59)52-29(11-21-9-23(41)13-24(42)10-21)33-26(22-3-4-28(43)27(12-22)36(49)60)14-30-37(53-33)54-38(61-30)57-7-5-56(6-8-57)25-15-50-18-51-16-25/h3-4,9-10,12-16,18-20,29H,5-8,11,17H2,1-2H3,(H2,49,60)(H,52,59)/t19-,20+,29-/m0/s1. The second kappa shape index (κ2) is 15.7. The number of aromatic nitrogens is 6. The first-order valence-corrected chi connectivity index (χ1v) is 19.7. The molecule has 6 aromatic rings. The van der Waals surface area contributed by atoms with Crippen molar-refractivity contribution in [2.75, 3.05) is 36.0 Å². The van der Waals surface area contributed by atoms with Gasteiger partial charge in [-0.15, -0.1) is 0 Å². The number of primary amides is 1. The van der Waals surface area contributed by atoms with Crippen LogP contribution in [0.1, 0.15) is 64.4 Å². The van der Waals surface area contributed by atoms with Crippen molar-refractivity contribution in [3.8, 4) is 11.1 Å². The van der Waals surface area contributed by atoms with Gasteiger partial charge in [-0.1, -0.05) is 31.3 Å². The van der Waals surface area contributed by atoms with Crippen LogP contribution < -0.4 is 20.9 Å². The summed E-state index contributed by atoms with van der Waals surface area (Å²) in [5, 5.41) is 6.64. The van der Waals surface area contributed by atoms with Crippen LogP contribution >= 0.6 is 11.3 Å². The lowest BCUT2D eigenvalue weighted by Gasteiger charge is -2.35. The summed E-state index contributed by atoms with van der Waals surface area (Å²) in [5.74, 6) is -11.6. The van der Waals surface area contributed by atoms with E-state index in [-0.39, 0.29) is 28.0 Å². The topological polar surface area (TPSA) is 148 Å². The average Bonchev–Trinajstić information content (AvgIpc) is 3.86. The number of pyridine rings is 1. The Morgan fingerprint density at radius 2 is 1.62 bits per heavy atom. The van der Waals surface area contributed by atoms with Crippen molar-refractivity contribution in [2.45, 2.75) is 50.9 Å². The van der Waals surface area contributed by atoms with Crippen molar-refractivity contribution in [3.05, 3.63) is 112 Å². The number of thiazole rings is 1. The molecule has 61 heavy (non-hydrogen) atoms. The van der Waals surface area contributed by atoms with Crippen molar-refractivity contribution in [1.29, 1.82) is 0 Å². The number of carbonyl (C=O) groups is 2. The Kier molecular flexibility index (Phi) is 10.6. The molecule has 2 aromatic carbocycles. The minimum atomic E-state index is -5.12. The number of halogens is 8. The number of alkyl halides is 5. The Morgan fingerprint density at radius 3 is 2.28 bits per heavy atom. The van der Waals surface area contributed by atoms with E-state index in [4.69, 9.17) is 15.7 Å². The van der Waals surface area contributed by atoms with Crippen molar-refractivity contribution < 1.29 is 44.7 Å². The smallest absolute Gasteiger partial charge is 0.366 e. The molecule has 2 amide bonds. The van der Waals surface area contributed by atoms with Gasteiger partial charge in [-0.05, 0) is 53.8 Å². The normalized spacial score (nSPS) is 18.1. The summed E-state index contributed by atoms with van der Waals surface area (Å²) in [6.07, 6.45) is -0.667. The fourth-order valence-corrected chi connectivity index (χ4v) is 8.91. The van der Waals surface area contributed by atoms with Crippen LogP contribution in [0, 0.1) is 23.4 Å². The molecular weight excluding hydrogens is 837 g/mol. The maximum Gasteiger partial charge on any atom is 0.435 e. The van der Waals surface area contributed by atoms with E-state index in [2.05, 4.69) is 25.3 Å². The van der Waals surface area contributed by atoms with E-state index in [9.17, 15) is 35.9 Å². The van der Waals surface area contributed by atoms with Crippen LogP contribution in [-0.2, 0) is 29.9 Å². The molecule has 1 aliphatic carbocycles. The molecule has 0 radical (unpaired) electrons. The van der Waals surface area contributed by atoms with Crippen LogP contribution in [0.2, 0.25) is 0 Å². The number of nitrogens with two attached hydrogens (primary N) is 1. The summed E-state index contributed by atoms with van der Waals surface area (Å²) in [6.45, 7) is 3.52. The lowest BCUT2D eigenvalue weighted by atomic mass is 9.94. The minimum Gasteiger partial charge on any atom is -0.366 e. The predicted octanol–water partition coefficient (Wildman–Crippen LogP) is 7.15. The summed E-state index contributed by atoms with van der Waals surface area (Å²) >= 11 is 1.27. The minimum absolute atomic E-state index is 0.00162. The molecule has 0 bridgehead atoms. The zero-order chi connectivity index (χ0) is 43.5. The summed E-state index contributed by atoms with van der Waals surface area (Å²) in [4.78, 5) is 48.1. The number of nitrogens with zero attached hydrogens (tertiary/aromatic N) is 8. The molecule has 4 aromatic heterocycles. The Bertz CT molecular complexity index is 2650. The number of benzene rings is 2. The molecule has 21 heteroatoms. The number of fused-ring (bicyclic) bond motifs is 2. The Hall–Kier alpha value is -6.25. The van der Waals surface area contributed by atoms with E-state index >= 15 is 8.78 Å². The molecule has 8 rings (SSSR count). The number of amides is 2. The SMILES string of the molecule is C[C@@H]1c2c(C(F)(F)F)nn(CC(=O)N[C@@H](Cc3cc(F)cc(F)c3)c3nc4nc(N5CCN(c6cncnc6)CC5)sc4cc3-c3ccc(F)c(C(N)=O)c3)c2C(F)(F)[C@@H]1C. The van der Waals surface area contributed by atoms with Crippen LogP contribution in [0.5, 0.6) is 0 Å². The first-order valence-electron chi connectivity index (χ1n) is 18.9. The molecule has 318 valence electrons. The molecule has 1 saturated heterocycles. The summed E-state index contributed by atoms with van der Waals surface area (Å²) in [7, 11) is 0. The number of nitrogens with one attached hydrogen (secondary N) is 1. The van der Waals surface area contributed by atoms with E-state index in [0.717, 1.165) is 36.9 Å². The molecule has 0 saturated carbocycles. The quantitative estimate of drug-likeness (QED) is 0.137. The number of anilines is 2. The predicted molar refractivity (Wildman–Crippen MR) is 207 cm³/mol. The van der Waals surface area contributed by atoms with E-state index in [1.165, 1.54) is 30.7 Å². The largest absolute Gasteiger partial charge is 0.435 e. The summed E-state index contributed by atoms with van der Waals surface area (Å²) in [6, 6.07) is 6.32. The number of hydrogen-bond acceptors (Lipinski definition) is 10. The van der Waals surface area contributed by atoms with Gasteiger partial charge in [0.1, 0.15) is 36.0 Å². The highest BCUT2D eigenvalue weighted by molar-refractivity contribution is 7.22. The molecule has 1 aliphatic heterocycles. The zero-order valence-electron chi connectivity index (χ0n) is 32.2. The van der Waals surface area contributed by atoms with Crippen molar-refractivity contribution in [3.63, 3.8) is 0 Å². The third-order valence-corrected chi connectivity index (χ3v) is 12.1. The second-order valence-corrected chi connectivity index (χ2v) is 15.9. The first-order chi connectivity index (χ1) is 28.9. The third-order valence-electron chi connectivity index (χ3n) is 11.1. The Labute approximate surface area is 345 Å². The molecule has 0 spiro atoms. The van der Waals surface area contributed by atoms with Crippen LogP contribution in [0.3, 0.4) is 0 Å². The lowest BCUT2D eigenvalue weighted by molar-refractivity contribution is -0.143. The highest BCUT2D eigenvalue weighted by atomic mass is 32.1. The maximum absolute atomic E-state index is 15.6. The van der Waals surface area contributed by atoms with Gasteiger partial charge in [-0.2, -0.15) is 32.0 Å². The summed E-state index contributed by atoms with van der Waals surface area (Å²) in [5.41, 5.74) is 3.06. The van der Waals surface area contributed by atoms with Crippen LogP contribution in [-0.4, -0.2) is 67.7 Å². The number of rotatable bonds is 10.